The van der Waals surface area contributed by atoms with Crippen LogP contribution < -0.4 is 5.48 Å². The number of nitrogens with one attached hydrogen (secondary N) is 1. The van der Waals surface area contributed by atoms with Crippen molar-refractivity contribution in [3.8, 4) is 0 Å². The van der Waals surface area contributed by atoms with E-state index in [0.717, 1.165) is 18.2 Å². The number of fused-ring (bicyclic) bond motifs is 2. The minimum Gasteiger partial charge on any atom is -0.445 e. The summed E-state index contributed by atoms with van der Waals surface area (Å²) in [5, 5.41) is -1.43. The molecular formula is C20H17ClF4N2O5S. The number of hydrogen-bond acceptors (Lipinski definition) is 7. The average Bonchev–Trinajstić information content (AvgIpc) is 3.02. The molecule has 0 spiro atoms. The van der Waals surface area contributed by atoms with Crippen molar-refractivity contribution >= 4 is 27.4 Å². The average molecular weight is 509 g/mol. The van der Waals surface area contributed by atoms with Crippen LogP contribution in [0.25, 0.3) is 0 Å². The molecule has 2 heterocycles. The van der Waals surface area contributed by atoms with Gasteiger partial charge in [-0.2, -0.15) is 13.2 Å². The molecule has 0 amide bonds. The number of benzene rings is 1. The van der Waals surface area contributed by atoms with Crippen molar-refractivity contribution in [2.45, 2.75) is 35.4 Å². The molecular weight excluding hydrogens is 492 g/mol. The summed E-state index contributed by atoms with van der Waals surface area (Å²) in [6.45, 7) is 0.407. The highest BCUT2D eigenvalue weighted by Gasteiger charge is 2.46. The van der Waals surface area contributed by atoms with Gasteiger partial charge in [-0.1, -0.05) is 23.7 Å². The van der Waals surface area contributed by atoms with Crippen LogP contribution in [0.3, 0.4) is 0 Å². The van der Waals surface area contributed by atoms with Crippen molar-refractivity contribution in [2.24, 2.45) is 0 Å². The van der Waals surface area contributed by atoms with Crippen molar-refractivity contribution in [3.63, 3.8) is 0 Å². The van der Waals surface area contributed by atoms with E-state index >= 15 is 0 Å². The zero-order valence-corrected chi connectivity index (χ0v) is 18.5. The standard InChI is InChI=1S/C20H17ClF4N2O5S/c1-27-7-6-10-17-11(21)8-16(33(29,30)15-5-3-2-4-12(15)22)26-32-13(17)9-14(18(10)27)31-19(28)20(23,24)25/h2-5,9,14,16,26H,6-8H2,1H3. The van der Waals surface area contributed by atoms with Gasteiger partial charge in [0.2, 0.25) is 9.84 Å². The lowest BCUT2D eigenvalue weighted by Crippen LogP contribution is -2.37. The number of esters is 1. The normalized spacial score (nSPS) is 23.5. The molecule has 0 saturated heterocycles. The first kappa shape index (κ1) is 23.6. The number of halogens is 5. The molecule has 7 nitrogen and oxygen atoms in total. The summed E-state index contributed by atoms with van der Waals surface area (Å²) in [6, 6.07) is 4.80. The molecule has 0 radical (unpaired) electrons. The van der Waals surface area contributed by atoms with Crippen molar-refractivity contribution in [2.75, 3.05) is 13.6 Å². The second-order valence-electron chi connectivity index (χ2n) is 7.56. The predicted molar refractivity (Wildman–Crippen MR) is 107 cm³/mol. The Labute approximate surface area is 191 Å². The Morgan fingerprint density at radius 1 is 1.30 bits per heavy atom. The van der Waals surface area contributed by atoms with Gasteiger partial charge in [-0.25, -0.2) is 17.6 Å². The van der Waals surface area contributed by atoms with Crippen molar-refractivity contribution in [1.29, 1.82) is 0 Å². The van der Waals surface area contributed by atoms with Crippen molar-refractivity contribution < 1.29 is 40.3 Å². The number of alkyl halides is 3. The molecule has 0 bridgehead atoms. The van der Waals surface area contributed by atoms with Gasteiger partial charge in [0.05, 0.1) is 5.70 Å². The number of hydrogen-bond donors (Lipinski definition) is 1. The Morgan fingerprint density at radius 2 is 2.00 bits per heavy atom. The van der Waals surface area contributed by atoms with Gasteiger partial charge in [0, 0.05) is 36.7 Å². The number of carbonyl (C=O) groups is 1. The summed E-state index contributed by atoms with van der Waals surface area (Å²) in [5.41, 5.74) is 3.40. The predicted octanol–water partition coefficient (Wildman–Crippen LogP) is 3.30. The number of rotatable bonds is 3. The molecule has 1 aliphatic carbocycles. The summed E-state index contributed by atoms with van der Waals surface area (Å²) in [4.78, 5) is 18.0. The molecule has 2 unspecified atom stereocenters. The molecule has 2 aliphatic heterocycles. The number of allylic oxidation sites excluding steroid dienone is 1. The fourth-order valence-corrected chi connectivity index (χ4v) is 5.87. The smallest absolute Gasteiger partial charge is 0.445 e. The number of likely N-dealkylation sites (N-methyl/N-ethyl adjacent to an activating group) is 1. The van der Waals surface area contributed by atoms with Gasteiger partial charge in [-0.3, -0.25) is 0 Å². The summed E-state index contributed by atoms with van der Waals surface area (Å²) in [6.07, 6.45) is -5.45. The molecule has 13 heteroatoms. The minimum atomic E-state index is -5.20. The Kier molecular flexibility index (Phi) is 5.95. The summed E-state index contributed by atoms with van der Waals surface area (Å²) >= 11 is 6.48. The van der Waals surface area contributed by atoms with Crippen LogP contribution in [0.15, 0.2) is 62.9 Å². The van der Waals surface area contributed by atoms with Crippen LogP contribution >= 0.6 is 11.6 Å². The fraction of sp³-hybridized carbons (Fsp3) is 0.350. The third kappa shape index (κ3) is 4.22. The maximum absolute atomic E-state index is 14.2. The monoisotopic (exact) mass is 508 g/mol. The lowest BCUT2D eigenvalue weighted by Gasteiger charge is -2.29. The van der Waals surface area contributed by atoms with Gasteiger partial charge < -0.3 is 14.5 Å². The van der Waals surface area contributed by atoms with Crippen LogP contribution in [0.5, 0.6) is 0 Å². The number of ether oxygens (including phenoxy) is 1. The Bertz CT molecular complexity index is 1210. The van der Waals surface area contributed by atoms with E-state index in [4.69, 9.17) is 16.4 Å². The minimum absolute atomic E-state index is 0.0552. The van der Waals surface area contributed by atoms with Gasteiger partial charge >= 0.3 is 12.1 Å². The van der Waals surface area contributed by atoms with E-state index in [-0.39, 0.29) is 17.2 Å². The van der Waals surface area contributed by atoms with Crippen molar-refractivity contribution in [3.05, 3.63) is 63.8 Å². The highest BCUT2D eigenvalue weighted by Crippen LogP contribution is 2.44. The van der Waals surface area contributed by atoms with Crippen LogP contribution in [0, 0.1) is 5.82 Å². The van der Waals surface area contributed by atoms with Crippen LogP contribution in [0.4, 0.5) is 17.6 Å². The summed E-state index contributed by atoms with van der Waals surface area (Å²) in [5.74, 6) is -3.41. The van der Waals surface area contributed by atoms with Crippen LogP contribution in [0.2, 0.25) is 0 Å². The Balaban J connectivity index is 1.73. The fourth-order valence-electron chi connectivity index (χ4n) is 3.94. The molecule has 178 valence electrons. The Morgan fingerprint density at radius 3 is 2.67 bits per heavy atom. The molecule has 0 aromatic heterocycles. The van der Waals surface area contributed by atoms with Crippen molar-refractivity contribution in [1.82, 2.24) is 10.4 Å². The van der Waals surface area contributed by atoms with Gasteiger partial charge in [-0.05, 0) is 24.1 Å². The Hall–Kier alpha value is -2.57. The molecule has 3 aliphatic rings. The molecule has 0 fully saturated rings. The van der Waals surface area contributed by atoms with E-state index < -0.39 is 44.2 Å². The zero-order valence-electron chi connectivity index (χ0n) is 16.9. The van der Waals surface area contributed by atoms with Gasteiger partial charge in [0.25, 0.3) is 0 Å². The van der Waals surface area contributed by atoms with Gasteiger partial charge in [-0.15, -0.1) is 5.48 Å². The molecule has 2 atom stereocenters. The summed E-state index contributed by atoms with van der Waals surface area (Å²) < 4.78 is 83.2. The molecule has 0 saturated carbocycles. The number of sulfone groups is 1. The van der Waals surface area contributed by atoms with E-state index in [1.807, 2.05) is 0 Å². The maximum atomic E-state index is 14.2. The van der Waals surface area contributed by atoms with Crippen LogP contribution in [-0.4, -0.2) is 50.5 Å². The highest BCUT2D eigenvalue weighted by atomic mass is 35.5. The van der Waals surface area contributed by atoms with E-state index in [0.29, 0.717) is 29.8 Å². The number of nitrogens with zero attached hydrogens (tertiary/aromatic N) is 1. The first-order chi connectivity index (χ1) is 15.4. The second kappa shape index (κ2) is 8.33. The van der Waals surface area contributed by atoms with E-state index in [9.17, 15) is 30.8 Å². The highest BCUT2D eigenvalue weighted by molar-refractivity contribution is 7.92. The summed E-state index contributed by atoms with van der Waals surface area (Å²) in [7, 11) is -2.68. The van der Waals surface area contributed by atoms with Gasteiger partial charge in [0.15, 0.2) is 17.2 Å². The van der Waals surface area contributed by atoms with E-state index in [2.05, 4.69) is 10.2 Å². The second-order valence-corrected chi connectivity index (χ2v) is 10.1. The molecule has 4 rings (SSSR count). The molecule has 1 N–H and O–H groups in total. The largest absolute Gasteiger partial charge is 0.490 e. The third-order valence-electron chi connectivity index (χ3n) is 5.46. The molecule has 1 aromatic rings. The number of carbonyl (C=O) groups excluding carboxylic acids is 1. The molecule has 1 aromatic carbocycles. The van der Waals surface area contributed by atoms with E-state index in [1.54, 1.807) is 11.9 Å². The SMILES string of the molecule is CN1CCC2=C1C(OC(=O)C(F)(F)F)C=C1ONC(S(=O)(=O)c3ccccc3F)CC(Cl)=C12. The van der Waals surface area contributed by atoms with Crippen LogP contribution in [-0.2, 0) is 24.2 Å². The quantitative estimate of drug-likeness (QED) is 0.495. The topological polar surface area (TPSA) is 84.9 Å². The number of hydroxylamine groups is 1. The third-order valence-corrected chi connectivity index (χ3v) is 7.76. The lowest BCUT2D eigenvalue weighted by molar-refractivity contribution is -0.202. The first-order valence-corrected chi connectivity index (χ1v) is 11.6. The first-order valence-electron chi connectivity index (χ1n) is 9.65. The zero-order chi connectivity index (χ0) is 24.1. The van der Waals surface area contributed by atoms with Gasteiger partial charge in [0.1, 0.15) is 10.7 Å². The van der Waals surface area contributed by atoms with Crippen LogP contribution in [0.1, 0.15) is 12.8 Å². The lowest BCUT2D eigenvalue weighted by atomic mass is 9.92. The van der Waals surface area contributed by atoms with E-state index in [1.165, 1.54) is 12.1 Å². The maximum Gasteiger partial charge on any atom is 0.490 e. The molecule has 33 heavy (non-hydrogen) atoms.